The van der Waals surface area contributed by atoms with Gasteiger partial charge in [-0.15, -0.1) is 0 Å². The van der Waals surface area contributed by atoms with Gasteiger partial charge < -0.3 is 9.88 Å². The number of aromatic amines is 1. The lowest BCUT2D eigenvalue weighted by atomic mass is 9.95. The topological polar surface area (TPSA) is 52.2 Å². The summed E-state index contributed by atoms with van der Waals surface area (Å²) in [6.45, 7) is 2.79. The van der Waals surface area contributed by atoms with E-state index in [1.165, 1.54) is 31.4 Å². The van der Waals surface area contributed by atoms with Gasteiger partial charge in [-0.2, -0.15) is 0 Å². The summed E-state index contributed by atoms with van der Waals surface area (Å²) in [5, 5.41) is 0. The molecule has 1 aromatic heterocycles. The van der Waals surface area contributed by atoms with Crippen LogP contribution in [0.2, 0.25) is 0 Å². The van der Waals surface area contributed by atoms with Crippen LogP contribution >= 0.6 is 0 Å². The Balaban J connectivity index is 1.38. The highest BCUT2D eigenvalue weighted by Crippen LogP contribution is 2.29. The highest BCUT2D eigenvalue weighted by atomic mass is 16.2. The zero-order valence-electron chi connectivity index (χ0n) is 14.1. The average molecular weight is 316 g/mol. The van der Waals surface area contributed by atoms with Crippen LogP contribution in [-0.4, -0.2) is 51.9 Å². The van der Waals surface area contributed by atoms with Crippen LogP contribution in [0.5, 0.6) is 0 Å². The van der Waals surface area contributed by atoms with E-state index in [4.69, 9.17) is 0 Å². The molecule has 1 aliphatic carbocycles. The fourth-order valence-electron chi connectivity index (χ4n) is 4.69. The second kappa shape index (κ2) is 6.27. The maximum absolute atomic E-state index is 12.3. The molecule has 5 rings (SSSR count). The number of imidazole rings is 1. The minimum atomic E-state index is 0.194. The standard InChI is InChI=1S/C18H28N4O/c1-21-16-7-6-14(18(21)23)10-22(12-16)11-15-9-19-17(20-15)8-13-4-2-3-5-13/h9,13-14,16H,2-8,10-12H2,1H3,(H,19,20)/t14-,16+/m0/s1. The predicted octanol–water partition coefficient (Wildman–Crippen LogP) is 2.19. The Bertz CT molecular complexity index is 563. The van der Waals surface area contributed by atoms with E-state index in [0.717, 1.165) is 50.6 Å². The molecular formula is C18H28N4O. The maximum Gasteiger partial charge on any atom is 0.227 e. The highest BCUT2D eigenvalue weighted by Gasteiger charge is 2.38. The second-order valence-corrected chi connectivity index (χ2v) is 7.78. The van der Waals surface area contributed by atoms with E-state index in [2.05, 4.69) is 14.9 Å². The first-order valence-electron chi connectivity index (χ1n) is 9.21. The zero-order chi connectivity index (χ0) is 15.8. The van der Waals surface area contributed by atoms with Crippen LogP contribution in [0.25, 0.3) is 0 Å². The number of hydrogen-bond acceptors (Lipinski definition) is 3. The number of rotatable bonds is 4. The fraction of sp³-hybridized carbons (Fsp3) is 0.778. The molecule has 5 nitrogen and oxygen atoms in total. The molecule has 4 aliphatic rings. The van der Waals surface area contributed by atoms with Gasteiger partial charge in [-0.1, -0.05) is 25.7 Å². The van der Waals surface area contributed by atoms with Crippen molar-refractivity contribution in [2.75, 3.05) is 20.1 Å². The summed E-state index contributed by atoms with van der Waals surface area (Å²) >= 11 is 0. The molecule has 1 saturated carbocycles. The zero-order valence-corrected chi connectivity index (χ0v) is 14.1. The Morgan fingerprint density at radius 3 is 2.87 bits per heavy atom. The molecule has 1 N–H and O–H groups in total. The molecule has 126 valence electrons. The smallest absolute Gasteiger partial charge is 0.227 e. The summed E-state index contributed by atoms with van der Waals surface area (Å²) in [7, 11) is 1.97. The minimum absolute atomic E-state index is 0.194. The van der Waals surface area contributed by atoms with Gasteiger partial charge >= 0.3 is 0 Å². The molecule has 5 heteroatoms. The average Bonchev–Trinajstić information content (AvgIpc) is 3.13. The van der Waals surface area contributed by atoms with Crippen molar-refractivity contribution in [3.05, 3.63) is 17.7 Å². The van der Waals surface area contributed by atoms with Crippen LogP contribution in [0.1, 0.15) is 50.0 Å². The van der Waals surface area contributed by atoms with Crippen LogP contribution in [0.4, 0.5) is 0 Å². The number of piperidine rings is 1. The first kappa shape index (κ1) is 15.2. The molecule has 4 fully saturated rings. The Hall–Kier alpha value is -1.36. The van der Waals surface area contributed by atoms with Crippen molar-refractivity contribution >= 4 is 5.91 Å². The summed E-state index contributed by atoms with van der Waals surface area (Å²) in [5.74, 6) is 2.52. The lowest BCUT2D eigenvalue weighted by Crippen LogP contribution is -2.45. The Labute approximate surface area is 138 Å². The second-order valence-electron chi connectivity index (χ2n) is 7.78. The number of H-pyrrole nitrogens is 1. The van der Waals surface area contributed by atoms with E-state index in [1.54, 1.807) is 0 Å². The third-order valence-corrected chi connectivity index (χ3v) is 6.07. The SMILES string of the molecule is CN1C(=O)[C@H]2CC[C@@H]1CN(Cc1cnc(CC3CCCC3)[nH]1)C2. The van der Waals surface area contributed by atoms with E-state index in [0.29, 0.717) is 11.9 Å². The summed E-state index contributed by atoms with van der Waals surface area (Å²) in [4.78, 5) is 24.8. The van der Waals surface area contributed by atoms with Gasteiger partial charge in [0.25, 0.3) is 0 Å². The first-order valence-corrected chi connectivity index (χ1v) is 9.21. The van der Waals surface area contributed by atoms with Gasteiger partial charge in [0.1, 0.15) is 5.82 Å². The van der Waals surface area contributed by atoms with Crippen LogP contribution in [0.15, 0.2) is 6.20 Å². The van der Waals surface area contributed by atoms with Gasteiger partial charge in [0.15, 0.2) is 0 Å². The number of nitrogens with zero attached hydrogens (tertiary/aromatic N) is 3. The lowest BCUT2D eigenvalue weighted by Gasteiger charge is -2.32. The van der Waals surface area contributed by atoms with E-state index in [9.17, 15) is 4.79 Å². The van der Waals surface area contributed by atoms with E-state index < -0.39 is 0 Å². The summed E-state index contributed by atoms with van der Waals surface area (Å²) in [5.41, 5.74) is 1.20. The van der Waals surface area contributed by atoms with Gasteiger partial charge in [0.2, 0.25) is 5.91 Å². The number of aromatic nitrogens is 2. The van der Waals surface area contributed by atoms with Gasteiger partial charge in [-0.05, 0) is 18.8 Å². The van der Waals surface area contributed by atoms with E-state index >= 15 is 0 Å². The number of nitrogens with one attached hydrogen (secondary N) is 1. The number of carbonyl (C=O) groups is 1. The maximum atomic E-state index is 12.3. The molecule has 0 spiro atoms. The van der Waals surface area contributed by atoms with Crippen molar-refractivity contribution in [1.29, 1.82) is 0 Å². The van der Waals surface area contributed by atoms with E-state index in [-0.39, 0.29) is 5.92 Å². The molecule has 1 amide bonds. The van der Waals surface area contributed by atoms with Crippen molar-refractivity contribution < 1.29 is 4.79 Å². The van der Waals surface area contributed by atoms with Crippen molar-refractivity contribution in [2.45, 2.75) is 57.5 Å². The lowest BCUT2D eigenvalue weighted by molar-refractivity contribution is -0.138. The number of amides is 1. The molecule has 2 atom stereocenters. The molecule has 1 aromatic rings. The van der Waals surface area contributed by atoms with Gasteiger partial charge in [0.05, 0.1) is 5.92 Å². The Morgan fingerprint density at radius 2 is 2.04 bits per heavy atom. The van der Waals surface area contributed by atoms with Crippen molar-refractivity contribution in [3.8, 4) is 0 Å². The van der Waals surface area contributed by atoms with Crippen LogP contribution in [0.3, 0.4) is 0 Å². The molecular weight excluding hydrogens is 288 g/mol. The predicted molar refractivity (Wildman–Crippen MR) is 88.8 cm³/mol. The molecule has 2 bridgehead atoms. The number of hydrogen-bond donors (Lipinski definition) is 1. The first-order chi connectivity index (χ1) is 11.2. The van der Waals surface area contributed by atoms with Gasteiger partial charge in [-0.3, -0.25) is 9.69 Å². The summed E-state index contributed by atoms with van der Waals surface area (Å²) < 4.78 is 0. The van der Waals surface area contributed by atoms with Crippen LogP contribution < -0.4 is 0 Å². The molecule has 23 heavy (non-hydrogen) atoms. The van der Waals surface area contributed by atoms with Gasteiger partial charge in [-0.25, -0.2) is 4.98 Å². The molecule has 0 unspecified atom stereocenters. The molecule has 4 heterocycles. The normalized spacial score (nSPS) is 29.4. The molecule has 3 aliphatic heterocycles. The van der Waals surface area contributed by atoms with Crippen molar-refractivity contribution in [1.82, 2.24) is 19.8 Å². The third kappa shape index (κ3) is 3.16. The summed E-state index contributed by atoms with van der Waals surface area (Å²) in [6.07, 6.45) is 10.8. The number of fused-ring (bicyclic) bond motifs is 4. The quantitative estimate of drug-likeness (QED) is 0.926. The Kier molecular flexibility index (Phi) is 4.14. The monoisotopic (exact) mass is 316 g/mol. The fourth-order valence-corrected chi connectivity index (χ4v) is 4.69. The Morgan fingerprint density at radius 1 is 1.22 bits per heavy atom. The summed E-state index contributed by atoms with van der Waals surface area (Å²) in [6, 6.07) is 0.391. The van der Waals surface area contributed by atoms with Crippen molar-refractivity contribution in [2.24, 2.45) is 11.8 Å². The molecule has 0 aromatic carbocycles. The van der Waals surface area contributed by atoms with Crippen molar-refractivity contribution in [3.63, 3.8) is 0 Å². The third-order valence-electron chi connectivity index (χ3n) is 6.07. The highest BCUT2D eigenvalue weighted by molar-refractivity contribution is 5.80. The van der Waals surface area contributed by atoms with Crippen LogP contribution in [-0.2, 0) is 17.8 Å². The van der Waals surface area contributed by atoms with E-state index in [1.807, 2.05) is 18.1 Å². The minimum Gasteiger partial charge on any atom is -0.345 e. The molecule has 0 radical (unpaired) electrons. The van der Waals surface area contributed by atoms with Gasteiger partial charge in [0, 0.05) is 51.0 Å². The number of likely N-dealkylation sites (N-methyl/N-ethyl adjacent to an activating group) is 1. The molecule has 3 saturated heterocycles. The van der Waals surface area contributed by atoms with Crippen LogP contribution in [0, 0.1) is 11.8 Å². The largest absolute Gasteiger partial charge is 0.345 e. The number of carbonyl (C=O) groups excluding carboxylic acids is 1.